The summed E-state index contributed by atoms with van der Waals surface area (Å²) >= 11 is 3.43. The number of amides is 2. The molecule has 230 valence electrons. The highest BCUT2D eigenvalue weighted by atomic mass is 79.9. The van der Waals surface area contributed by atoms with E-state index >= 15 is 4.39 Å². The molecule has 0 unspecified atom stereocenters. The lowest BCUT2D eigenvalue weighted by molar-refractivity contribution is -0.140. The number of benzene rings is 4. The molecule has 0 spiro atoms. The molecule has 0 heterocycles. The highest BCUT2D eigenvalue weighted by Gasteiger charge is 2.35. The van der Waals surface area contributed by atoms with Gasteiger partial charge in [0, 0.05) is 24.0 Å². The van der Waals surface area contributed by atoms with E-state index in [9.17, 15) is 18.0 Å². The van der Waals surface area contributed by atoms with Gasteiger partial charge in [-0.2, -0.15) is 0 Å². The van der Waals surface area contributed by atoms with Crippen LogP contribution in [0.1, 0.15) is 30.9 Å². The third-order valence-corrected chi connectivity index (χ3v) is 9.40. The molecule has 4 rings (SSSR count). The number of hydrogen-bond donors (Lipinski definition) is 1. The number of nitrogens with one attached hydrogen (secondary N) is 1. The lowest BCUT2D eigenvalue weighted by Crippen LogP contribution is -2.53. The predicted octanol–water partition coefficient (Wildman–Crippen LogP) is 6.34. The molecule has 0 saturated heterocycles. The molecule has 1 atom stereocenters. The number of carbonyl (C=O) groups excluding carboxylic acids is 2. The van der Waals surface area contributed by atoms with E-state index in [1.165, 1.54) is 35.2 Å². The number of anilines is 1. The predicted molar refractivity (Wildman–Crippen MR) is 174 cm³/mol. The van der Waals surface area contributed by atoms with E-state index in [-0.39, 0.29) is 29.5 Å². The lowest BCUT2D eigenvalue weighted by Gasteiger charge is -2.34. The van der Waals surface area contributed by atoms with Crippen LogP contribution < -0.4 is 9.62 Å². The van der Waals surface area contributed by atoms with Crippen LogP contribution in [0.15, 0.2) is 119 Å². The topological polar surface area (TPSA) is 86.8 Å². The van der Waals surface area contributed by atoms with Crippen LogP contribution in [0, 0.1) is 5.82 Å². The van der Waals surface area contributed by atoms with Crippen LogP contribution in [0.25, 0.3) is 0 Å². The zero-order valence-electron chi connectivity index (χ0n) is 24.4. The van der Waals surface area contributed by atoms with Crippen molar-refractivity contribution in [2.75, 3.05) is 17.4 Å². The number of halogens is 2. The molecule has 0 aliphatic carbocycles. The van der Waals surface area contributed by atoms with Gasteiger partial charge in [-0.25, -0.2) is 12.8 Å². The van der Waals surface area contributed by atoms with E-state index in [0.29, 0.717) is 6.54 Å². The molecular weight excluding hydrogens is 645 g/mol. The maximum absolute atomic E-state index is 15.2. The van der Waals surface area contributed by atoms with Gasteiger partial charge in [0.25, 0.3) is 10.0 Å². The van der Waals surface area contributed by atoms with E-state index in [2.05, 4.69) is 21.2 Å². The molecule has 0 bridgehead atoms. The molecule has 7 nitrogen and oxygen atoms in total. The molecular formula is C34H35BrFN3O4S. The quantitative estimate of drug-likeness (QED) is 0.158. The SMILES string of the molecule is CCCCNC(=O)[C@@H](Cc1ccccc1)N(Cc1ccc(Br)cc1)C(=O)CN(c1ccccc1F)S(=O)(=O)c1ccccc1. The van der Waals surface area contributed by atoms with Gasteiger partial charge in [-0.1, -0.05) is 102 Å². The molecule has 4 aromatic rings. The van der Waals surface area contributed by atoms with Gasteiger partial charge in [0.2, 0.25) is 11.8 Å². The summed E-state index contributed by atoms with van der Waals surface area (Å²) in [5.41, 5.74) is 1.31. The van der Waals surface area contributed by atoms with Gasteiger partial charge in [0.05, 0.1) is 10.6 Å². The van der Waals surface area contributed by atoms with Crippen LogP contribution in [-0.4, -0.2) is 44.3 Å². The van der Waals surface area contributed by atoms with Crippen LogP contribution in [0.3, 0.4) is 0 Å². The minimum Gasteiger partial charge on any atom is -0.354 e. The molecule has 10 heteroatoms. The molecule has 1 N–H and O–H groups in total. The Morgan fingerprint density at radius 1 is 0.841 bits per heavy atom. The van der Waals surface area contributed by atoms with E-state index in [1.54, 1.807) is 18.2 Å². The summed E-state index contributed by atoms with van der Waals surface area (Å²) in [5.74, 6) is -1.80. The fraction of sp³-hybridized carbons (Fsp3) is 0.235. The number of para-hydroxylation sites is 1. The Morgan fingerprint density at radius 3 is 2.09 bits per heavy atom. The normalized spacial score (nSPS) is 11.9. The lowest BCUT2D eigenvalue weighted by atomic mass is 10.0. The third kappa shape index (κ3) is 8.54. The number of rotatable bonds is 14. The van der Waals surface area contributed by atoms with Gasteiger partial charge < -0.3 is 10.2 Å². The number of hydrogen-bond acceptors (Lipinski definition) is 4. The molecule has 0 radical (unpaired) electrons. The second-order valence-corrected chi connectivity index (χ2v) is 13.1. The van der Waals surface area contributed by atoms with E-state index in [0.717, 1.165) is 38.8 Å². The van der Waals surface area contributed by atoms with Gasteiger partial charge in [0.1, 0.15) is 18.4 Å². The molecule has 44 heavy (non-hydrogen) atoms. The van der Waals surface area contributed by atoms with Crippen molar-refractivity contribution in [1.29, 1.82) is 0 Å². The summed E-state index contributed by atoms with van der Waals surface area (Å²) in [6, 6.07) is 28.7. The summed E-state index contributed by atoms with van der Waals surface area (Å²) in [7, 11) is -4.37. The average Bonchev–Trinajstić information content (AvgIpc) is 3.03. The molecule has 2 amide bonds. The first-order chi connectivity index (χ1) is 21.2. The fourth-order valence-electron chi connectivity index (χ4n) is 4.73. The first kappa shape index (κ1) is 32.9. The highest BCUT2D eigenvalue weighted by molar-refractivity contribution is 9.10. The van der Waals surface area contributed by atoms with Crippen molar-refractivity contribution < 1.29 is 22.4 Å². The zero-order chi connectivity index (χ0) is 31.5. The summed E-state index contributed by atoms with van der Waals surface area (Å²) in [5, 5.41) is 2.95. The average molecular weight is 681 g/mol. The minimum atomic E-state index is -4.37. The van der Waals surface area contributed by atoms with Crippen LogP contribution in [-0.2, 0) is 32.6 Å². The standard InChI is InChI=1S/C34H35BrFN3O4S/c1-2-3-22-37-34(41)32(23-26-12-6-4-7-13-26)38(24-27-18-20-28(35)21-19-27)33(40)25-39(31-17-11-10-16-30(31)36)44(42,43)29-14-8-5-9-15-29/h4-21,32H,2-3,22-25H2,1H3,(H,37,41)/t32-/m1/s1. The van der Waals surface area contributed by atoms with Gasteiger partial charge >= 0.3 is 0 Å². The number of unbranched alkanes of at least 4 members (excludes halogenated alkanes) is 1. The Labute approximate surface area is 266 Å². The maximum atomic E-state index is 15.2. The number of carbonyl (C=O) groups is 2. The Hall–Kier alpha value is -4.02. The van der Waals surface area contributed by atoms with E-state index in [1.807, 2.05) is 61.5 Å². The Kier molecular flexibility index (Phi) is 11.7. The molecule has 0 aromatic heterocycles. The molecule has 0 saturated carbocycles. The number of nitrogens with zero attached hydrogens (tertiary/aromatic N) is 2. The van der Waals surface area contributed by atoms with Crippen molar-refractivity contribution in [3.63, 3.8) is 0 Å². The van der Waals surface area contributed by atoms with Crippen LogP contribution in [0.2, 0.25) is 0 Å². The van der Waals surface area contributed by atoms with Crippen molar-refractivity contribution in [2.45, 2.75) is 43.7 Å². The highest BCUT2D eigenvalue weighted by Crippen LogP contribution is 2.27. The molecule has 0 aliphatic heterocycles. The number of sulfonamides is 1. The third-order valence-electron chi connectivity index (χ3n) is 7.10. The first-order valence-corrected chi connectivity index (χ1v) is 16.6. The smallest absolute Gasteiger partial charge is 0.264 e. The maximum Gasteiger partial charge on any atom is 0.264 e. The summed E-state index contributed by atoms with van der Waals surface area (Å²) in [6.07, 6.45) is 1.84. The Bertz CT molecular complexity index is 1640. The summed E-state index contributed by atoms with van der Waals surface area (Å²) in [6.45, 7) is 1.76. The zero-order valence-corrected chi connectivity index (χ0v) is 26.8. The Morgan fingerprint density at radius 2 is 1.45 bits per heavy atom. The van der Waals surface area contributed by atoms with Crippen LogP contribution in [0.5, 0.6) is 0 Å². The second kappa shape index (κ2) is 15.6. The Balaban J connectivity index is 1.78. The van der Waals surface area contributed by atoms with Crippen molar-refractivity contribution in [1.82, 2.24) is 10.2 Å². The second-order valence-electron chi connectivity index (χ2n) is 10.3. The molecule has 4 aromatic carbocycles. The summed E-state index contributed by atoms with van der Waals surface area (Å²) in [4.78, 5) is 29.4. The largest absolute Gasteiger partial charge is 0.354 e. The van der Waals surface area contributed by atoms with Crippen molar-refractivity contribution >= 4 is 43.5 Å². The van der Waals surface area contributed by atoms with Crippen LogP contribution in [0.4, 0.5) is 10.1 Å². The monoisotopic (exact) mass is 679 g/mol. The fourth-order valence-corrected chi connectivity index (χ4v) is 6.44. The summed E-state index contributed by atoms with van der Waals surface area (Å²) < 4.78 is 44.6. The van der Waals surface area contributed by atoms with Gasteiger partial charge in [-0.15, -0.1) is 0 Å². The van der Waals surface area contributed by atoms with Crippen LogP contribution >= 0.6 is 15.9 Å². The van der Waals surface area contributed by atoms with E-state index < -0.39 is 34.3 Å². The van der Waals surface area contributed by atoms with Gasteiger partial charge in [-0.05, 0) is 53.9 Å². The molecule has 0 aliphatic rings. The first-order valence-electron chi connectivity index (χ1n) is 14.4. The van der Waals surface area contributed by atoms with E-state index in [4.69, 9.17) is 0 Å². The van der Waals surface area contributed by atoms with Crippen molar-refractivity contribution in [2.24, 2.45) is 0 Å². The van der Waals surface area contributed by atoms with Crippen molar-refractivity contribution in [3.05, 3.63) is 131 Å². The van der Waals surface area contributed by atoms with Gasteiger partial charge in [0.15, 0.2) is 0 Å². The minimum absolute atomic E-state index is 0.0291. The molecule has 0 fully saturated rings. The van der Waals surface area contributed by atoms with Gasteiger partial charge in [-0.3, -0.25) is 13.9 Å². The van der Waals surface area contributed by atoms with Crippen molar-refractivity contribution in [3.8, 4) is 0 Å².